The normalized spacial score (nSPS) is 16.4. The van der Waals surface area contributed by atoms with Gasteiger partial charge in [-0.15, -0.1) is 22.0 Å². The van der Waals surface area contributed by atoms with Crippen LogP contribution >= 0.6 is 11.8 Å². The van der Waals surface area contributed by atoms with Gasteiger partial charge in [-0.05, 0) is 35.9 Å². The van der Waals surface area contributed by atoms with Crippen molar-refractivity contribution in [1.29, 1.82) is 0 Å². The van der Waals surface area contributed by atoms with Crippen molar-refractivity contribution in [3.63, 3.8) is 0 Å². The average Bonchev–Trinajstić information content (AvgIpc) is 3.10. The molecule has 0 radical (unpaired) electrons. The summed E-state index contributed by atoms with van der Waals surface area (Å²) in [5.74, 6) is 1.14. The minimum Gasteiger partial charge on any atom is -0.497 e. The Kier molecular flexibility index (Phi) is 5.29. The van der Waals surface area contributed by atoms with Crippen molar-refractivity contribution in [1.82, 2.24) is 20.2 Å². The number of ether oxygens (including phenoxy) is 1. The summed E-state index contributed by atoms with van der Waals surface area (Å²) in [6.45, 7) is 2.92. The molecule has 0 N–H and O–H groups in total. The number of methoxy groups -OCH3 is 1. The molecule has 8 heteroatoms. The molecular formula is C20H21N5O2S. The molecule has 1 unspecified atom stereocenters. The maximum atomic E-state index is 13.0. The van der Waals surface area contributed by atoms with Crippen LogP contribution in [0, 0.1) is 0 Å². The van der Waals surface area contributed by atoms with Crippen LogP contribution < -0.4 is 9.64 Å². The van der Waals surface area contributed by atoms with E-state index in [2.05, 4.69) is 28.4 Å². The quantitative estimate of drug-likeness (QED) is 0.675. The second-order valence-corrected chi connectivity index (χ2v) is 8.09. The summed E-state index contributed by atoms with van der Waals surface area (Å²) in [6, 6.07) is 15.5. The van der Waals surface area contributed by atoms with Crippen LogP contribution in [0.4, 0.5) is 5.69 Å². The molecule has 1 aliphatic rings. The SMILES string of the molecule is COc1cccc(-c2nnn(CC(=O)N3CCC(C)Sc4ccccc43)n2)c1. The van der Waals surface area contributed by atoms with E-state index in [0.717, 1.165) is 28.3 Å². The number of anilines is 1. The van der Waals surface area contributed by atoms with Crippen molar-refractivity contribution in [3.8, 4) is 17.1 Å². The first-order chi connectivity index (χ1) is 13.6. The average molecular weight is 395 g/mol. The monoisotopic (exact) mass is 395 g/mol. The van der Waals surface area contributed by atoms with Gasteiger partial charge in [0, 0.05) is 22.3 Å². The third-order valence-corrected chi connectivity index (χ3v) is 5.84. The Morgan fingerprint density at radius 2 is 2.11 bits per heavy atom. The maximum absolute atomic E-state index is 13.0. The summed E-state index contributed by atoms with van der Waals surface area (Å²) in [5.41, 5.74) is 1.75. The molecule has 4 rings (SSSR count). The molecule has 0 fully saturated rings. The predicted octanol–water partition coefficient (Wildman–Crippen LogP) is 3.27. The molecule has 0 bridgehead atoms. The van der Waals surface area contributed by atoms with E-state index in [0.29, 0.717) is 17.6 Å². The van der Waals surface area contributed by atoms with Crippen molar-refractivity contribution in [2.45, 2.75) is 30.0 Å². The van der Waals surface area contributed by atoms with Crippen LogP contribution in [0.5, 0.6) is 5.75 Å². The molecule has 144 valence electrons. The van der Waals surface area contributed by atoms with E-state index in [-0.39, 0.29) is 12.5 Å². The summed E-state index contributed by atoms with van der Waals surface area (Å²) in [7, 11) is 1.61. The summed E-state index contributed by atoms with van der Waals surface area (Å²) < 4.78 is 5.24. The number of carbonyl (C=O) groups is 1. The Morgan fingerprint density at radius 1 is 1.25 bits per heavy atom. The number of carbonyl (C=O) groups excluding carboxylic acids is 1. The Hall–Kier alpha value is -2.87. The number of aromatic nitrogens is 4. The van der Waals surface area contributed by atoms with E-state index in [1.807, 2.05) is 59.1 Å². The zero-order valence-corrected chi connectivity index (χ0v) is 16.6. The molecule has 0 saturated heterocycles. The first-order valence-electron chi connectivity index (χ1n) is 9.12. The lowest BCUT2D eigenvalue weighted by Gasteiger charge is -2.22. The van der Waals surface area contributed by atoms with Gasteiger partial charge in [-0.2, -0.15) is 4.80 Å². The number of benzene rings is 2. The van der Waals surface area contributed by atoms with E-state index in [1.165, 1.54) is 4.80 Å². The molecule has 2 heterocycles. The third kappa shape index (κ3) is 3.87. The molecule has 28 heavy (non-hydrogen) atoms. The molecule has 0 spiro atoms. The van der Waals surface area contributed by atoms with Crippen molar-refractivity contribution < 1.29 is 9.53 Å². The van der Waals surface area contributed by atoms with E-state index in [9.17, 15) is 4.79 Å². The standard InChI is InChI=1S/C20H21N5O2S/c1-14-10-11-24(17-8-3-4-9-18(17)28-14)19(26)13-25-22-20(21-23-25)15-6-5-7-16(12-15)27-2/h3-9,12,14H,10-11,13H2,1-2H3. The fourth-order valence-electron chi connectivity index (χ4n) is 3.14. The summed E-state index contributed by atoms with van der Waals surface area (Å²) >= 11 is 1.81. The van der Waals surface area contributed by atoms with Gasteiger partial charge >= 0.3 is 0 Å². The number of fused-ring (bicyclic) bond motifs is 1. The number of hydrogen-bond acceptors (Lipinski definition) is 6. The highest BCUT2D eigenvalue weighted by Crippen LogP contribution is 2.37. The lowest BCUT2D eigenvalue weighted by molar-refractivity contribution is -0.119. The van der Waals surface area contributed by atoms with Crippen molar-refractivity contribution >= 4 is 23.4 Å². The fourth-order valence-corrected chi connectivity index (χ4v) is 4.25. The Bertz CT molecular complexity index is 990. The Labute approximate surface area is 167 Å². The van der Waals surface area contributed by atoms with Crippen LogP contribution in [-0.4, -0.2) is 45.0 Å². The molecule has 1 aliphatic heterocycles. The zero-order chi connectivity index (χ0) is 19.5. The number of para-hydroxylation sites is 1. The van der Waals surface area contributed by atoms with Gasteiger partial charge in [-0.1, -0.05) is 31.2 Å². The Balaban J connectivity index is 1.54. The van der Waals surface area contributed by atoms with E-state index in [4.69, 9.17) is 4.74 Å². The molecule has 1 amide bonds. The van der Waals surface area contributed by atoms with Crippen LogP contribution in [0.2, 0.25) is 0 Å². The number of amides is 1. The van der Waals surface area contributed by atoms with Crippen molar-refractivity contribution in [2.75, 3.05) is 18.6 Å². The van der Waals surface area contributed by atoms with Crippen LogP contribution in [0.15, 0.2) is 53.4 Å². The van der Waals surface area contributed by atoms with Crippen molar-refractivity contribution in [3.05, 3.63) is 48.5 Å². The first-order valence-corrected chi connectivity index (χ1v) is 10.0. The van der Waals surface area contributed by atoms with E-state index >= 15 is 0 Å². The largest absolute Gasteiger partial charge is 0.497 e. The number of thioether (sulfide) groups is 1. The van der Waals surface area contributed by atoms with Crippen molar-refractivity contribution in [2.24, 2.45) is 0 Å². The lowest BCUT2D eigenvalue weighted by Crippen LogP contribution is -2.35. The minimum absolute atomic E-state index is 0.0447. The van der Waals surface area contributed by atoms with Gasteiger partial charge < -0.3 is 9.64 Å². The van der Waals surface area contributed by atoms with Crippen LogP contribution in [0.3, 0.4) is 0 Å². The second-order valence-electron chi connectivity index (χ2n) is 6.61. The molecular weight excluding hydrogens is 374 g/mol. The highest BCUT2D eigenvalue weighted by atomic mass is 32.2. The van der Waals surface area contributed by atoms with E-state index in [1.54, 1.807) is 7.11 Å². The molecule has 2 aromatic carbocycles. The molecule has 0 aliphatic carbocycles. The molecule has 1 aromatic heterocycles. The van der Waals surface area contributed by atoms with Gasteiger partial charge in [0.2, 0.25) is 5.82 Å². The molecule has 1 atom stereocenters. The first kappa shape index (κ1) is 18.5. The van der Waals surface area contributed by atoms with Gasteiger partial charge in [0.15, 0.2) is 0 Å². The molecule has 3 aromatic rings. The van der Waals surface area contributed by atoms with Gasteiger partial charge in [0.25, 0.3) is 5.91 Å². The molecule has 7 nitrogen and oxygen atoms in total. The van der Waals surface area contributed by atoms with Gasteiger partial charge in [-0.25, -0.2) is 0 Å². The highest BCUT2D eigenvalue weighted by molar-refractivity contribution is 8.00. The number of tetrazole rings is 1. The van der Waals surface area contributed by atoms with Crippen LogP contribution in [-0.2, 0) is 11.3 Å². The summed E-state index contributed by atoms with van der Waals surface area (Å²) in [5, 5.41) is 13.0. The van der Waals surface area contributed by atoms with Gasteiger partial charge in [-0.3, -0.25) is 4.79 Å². The third-order valence-electron chi connectivity index (χ3n) is 4.60. The number of hydrogen-bond donors (Lipinski definition) is 0. The highest BCUT2D eigenvalue weighted by Gasteiger charge is 2.24. The summed E-state index contributed by atoms with van der Waals surface area (Å²) in [4.78, 5) is 17.3. The van der Waals surface area contributed by atoms with Gasteiger partial charge in [0.05, 0.1) is 12.8 Å². The zero-order valence-electron chi connectivity index (χ0n) is 15.8. The Morgan fingerprint density at radius 3 is 2.96 bits per heavy atom. The van der Waals surface area contributed by atoms with Crippen LogP contribution in [0.25, 0.3) is 11.4 Å². The van der Waals surface area contributed by atoms with Crippen LogP contribution in [0.1, 0.15) is 13.3 Å². The lowest BCUT2D eigenvalue weighted by atomic mass is 10.2. The fraction of sp³-hybridized carbons (Fsp3) is 0.300. The number of nitrogens with zero attached hydrogens (tertiary/aromatic N) is 5. The maximum Gasteiger partial charge on any atom is 0.250 e. The van der Waals surface area contributed by atoms with E-state index < -0.39 is 0 Å². The topological polar surface area (TPSA) is 73.1 Å². The van der Waals surface area contributed by atoms with Gasteiger partial charge in [0.1, 0.15) is 12.3 Å². The molecule has 0 saturated carbocycles. The number of rotatable bonds is 4. The summed E-state index contributed by atoms with van der Waals surface area (Å²) in [6.07, 6.45) is 0.935. The smallest absolute Gasteiger partial charge is 0.250 e. The second kappa shape index (κ2) is 8.02. The predicted molar refractivity (Wildman–Crippen MR) is 109 cm³/mol. The minimum atomic E-state index is -0.0447.